The summed E-state index contributed by atoms with van der Waals surface area (Å²) < 4.78 is 1.38. The molecular formula is C10H9Br2I. The lowest BCUT2D eigenvalue weighted by atomic mass is 9.92. The van der Waals surface area contributed by atoms with Crippen LogP contribution in [0.1, 0.15) is 33.6 Å². The summed E-state index contributed by atoms with van der Waals surface area (Å²) in [6, 6.07) is 6.54. The Bertz CT molecular complexity index is 325. The number of rotatable bonds is 0. The van der Waals surface area contributed by atoms with Gasteiger partial charge in [-0.05, 0) is 52.6 Å². The largest absolute Gasteiger partial charge is 0.0839 e. The fraction of sp³-hybridized carbons (Fsp3) is 0.400. The monoisotopic (exact) mass is 414 g/mol. The van der Waals surface area contributed by atoms with Crippen LogP contribution in [-0.2, 0) is 0 Å². The van der Waals surface area contributed by atoms with Crippen LogP contribution in [0.4, 0.5) is 0 Å². The van der Waals surface area contributed by atoms with E-state index in [1.165, 1.54) is 27.5 Å². The van der Waals surface area contributed by atoms with Crippen LogP contribution in [0.15, 0.2) is 18.2 Å². The Morgan fingerprint density at radius 1 is 1.15 bits per heavy atom. The molecule has 0 heterocycles. The first-order valence-electron chi connectivity index (χ1n) is 4.26. The van der Waals surface area contributed by atoms with Crippen molar-refractivity contribution in [3.05, 3.63) is 32.9 Å². The Balaban J connectivity index is 2.56. The van der Waals surface area contributed by atoms with Crippen LogP contribution in [0.25, 0.3) is 0 Å². The van der Waals surface area contributed by atoms with Gasteiger partial charge >= 0.3 is 0 Å². The van der Waals surface area contributed by atoms with Crippen LogP contribution in [-0.4, -0.2) is 0 Å². The van der Waals surface area contributed by atoms with E-state index in [1.54, 1.807) is 0 Å². The average molecular weight is 416 g/mol. The van der Waals surface area contributed by atoms with Crippen LogP contribution in [0, 0.1) is 3.57 Å². The minimum atomic E-state index is 0.546. The van der Waals surface area contributed by atoms with Crippen molar-refractivity contribution in [3.63, 3.8) is 0 Å². The molecule has 3 heteroatoms. The summed E-state index contributed by atoms with van der Waals surface area (Å²) in [4.78, 5) is 1.09. The van der Waals surface area contributed by atoms with Gasteiger partial charge in [0.1, 0.15) is 0 Å². The topological polar surface area (TPSA) is 0 Å². The number of hydrogen-bond donors (Lipinski definition) is 0. The smallest absolute Gasteiger partial charge is 0.0409 e. The molecule has 1 aliphatic carbocycles. The number of halogens is 3. The molecule has 2 atom stereocenters. The molecule has 0 bridgehead atoms. The summed E-state index contributed by atoms with van der Waals surface area (Å²) in [5, 5.41) is 0. The zero-order valence-corrected chi connectivity index (χ0v) is 12.3. The summed E-state index contributed by atoms with van der Waals surface area (Å²) in [7, 11) is 0. The summed E-state index contributed by atoms with van der Waals surface area (Å²) in [5.74, 6) is 0. The second-order valence-corrected chi connectivity index (χ2v) is 6.63. The van der Waals surface area contributed by atoms with Crippen molar-refractivity contribution in [1.82, 2.24) is 0 Å². The minimum absolute atomic E-state index is 0.546. The molecule has 0 radical (unpaired) electrons. The maximum atomic E-state index is 3.74. The van der Waals surface area contributed by atoms with Crippen molar-refractivity contribution < 1.29 is 0 Å². The molecule has 1 aliphatic rings. The van der Waals surface area contributed by atoms with Gasteiger partial charge in [-0.3, -0.25) is 0 Å². The van der Waals surface area contributed by atoms with E-state index < -0.39 is 0 Å². The van der Waals surface area contributed by atoms with Gasteiger partial charge < -0.3 is 0 Å². The molecule has 70 valence electrons. The Labute approximate surface area is 109 Å². The van der Waals surface area contributed by atoms with Gasteiger partial charge in [0, 0.05) is 13.2 Å². The van der Waals surface area contributed by atoms with E-state index in [0.29, 0.717) is 9.65 Å². The van der Waals surface area contributed by atoms with Crippen LogP contribution >= 0.6 is 54.5 Å². The fourth-order valence-corrected chi connectivity index (χ4v) is 4.51. The Morgan fingerprint density at radius 2 is 1.85 bits per heavy atom. The third-order valence-electron chi connectivity index (χ3n) is 2.41. The van der Waals surface area contributed by atoms with E-state index in [9.17, 15) is 0 Å². The van der Waals surface area contributed by atoms with Crippen LogP contribution in [0.5, 0.6) is 0 Å². The zero-order valence-electron chi connectivity index (χ0n) is 6.93. The molecular weight excluding hydrogens is 407 g/mol. The third-order valence-corrected chi connectivity index (χ3v) is 5.22. The van der Waals surface area contributed by atoms with Gasteiger partial charge in [0.2, 0.25) is 0 Å². The second kappa shape index (κ2) is 4.19. The van der Waals surface area contributed by atoms with E-state index in [1.807, 2.05) is 0 Å². The molecule has 0 nitrogen and oxygen atoms in total. The average Bonchev–Trinajstić information content (AvgIpc) is 2.12. The number of fused-ring (bicyclic) bond motifs is 1. The van der Waals surface area contributed by atoms with Gasteiger partial charge in [-0.25, -0.2) is 0 Å². The van der Waals surface area contributed by atoms with Crippen LogP contribution in [0.2, 0.25) is 0 Å². The fourth-order valence-electron chi connectivity index (χ4n) is 1.75. The van der Waals surface area contributed by atoms with Crippen molar-refractivity contribution in [2.75, 3.05) is 0 Å². The molecule has 2 rings (SSSR count). The maximum Gasteiger partial charge on any atom is 0.0409 e. The highest BCUT2D eigenvalue weighted by molar-refractivity contribution is 14.1. The van der Waals surface area contributed by atoms with Gasteiger partial charge in [-0.15, -0.1) is 0 Å². The number of alkyl halides is 2. The zero-order chi connectivity index (χ0) is 9.42. The molecule has 0 saturated heterocycles. The van der Waals surface area contributed by atoms with Gasteiger partial charge in [0.25, 0.3) is 0 Å². The van der Waals surface area contributed by atoms with Crippen LogP contribution in [0.3, 0.4) is 0 Å². The quantitative estimate of drug-likeness (QED) is 0.415. The van der Waals surface area contributed by atoms with E-state index in [4.69, 9.17) is 0 Å². The summed E-state index contributed by atoms with van der Waals surface area (Å²) in [6.07, 6.45) is 2.45. The molecule has 0 aromatic heterocycles. The van der Waals surface area contributed by atoms with Crippen LogP contribution < -0.4 is 0 Å². The first-order chi connectivity index (χ1) is 6.20. The molecule has 0 amide bonds. The molecule has 0 N–H and O–H groups in total. The maximum absolute atomic E-state index is 3.74. The molecule has 2 unspecified atom stereocenters. The van der Waals surface area contributed by atoms with Crippen molar-refractivity contribution in [2.45, 2.75) is 22.5 Å². The van der Waals surface area contributed by atoms with Gasteiger partial charge in [0.05, 0.1) is 0 Å². The minimum Gasteiger partial charge on any atom is -0.0839 e. The molecule has 1 aromatic rings. The summed E-state index contributed by atoms with van der Waals surface area (Å²) >= 11 is 9.88. The molecule has 0 saturated carbocycles. The highest BCUT2D eigenvalue weighted by Gasteiger charge is 2.25. The van der Waals surface area contributed by atoms with E-state index in [0.717, 1.165) is 0 Å². The molecule has 0 aliphatic heterocycles. The first-order valence-corrected chi connectivity index (χ1v) is 7.17. The lowest BCUT2D eigenvalue weighted by molar-refractivity contribution is 0.673. The number of hydrogen-bond acceptors (Lipinski definition) is 0. The van der Waals surface area contributed by atoms with Crippen molar-refractivity contribution >= 4 is 54.5 Å². The predicted molar refractivity (Wildman–Crippen MR) is 71.7 cm³/mol. The lowest BCUT2D eigenvalue weighted by Crippen LogP contribution is -2.08. The normalized spacial score (nSPS) is 27.0. The highest BCUT2D eigenvalue weighted by Crippen LogP contribution is 2.46. The third kappa shape index (κ3) is 1.97. The van der Waals surface area contributed by atoms with Gasteiger partial charge in [-0.1, -0.05) is 44.0 Å². The van der Waals surface area contributed by atoms with E-state index in [2.05, 4.69) is 72.6 Å². The molecule has 0 spiro atoms. The number of benzene rings is 1. The molecule has 1 aromatic carbocycles. The van der Waals surface area contributed by atoms with Crippen molar-refractivity contribution in [3.8, 4) is 0 Å². The molecule has 13 heavy (non-hydrogen) atoms. The van der Waals surface area contributed by atoms with Crippen molar-refractivity contribution in [1.29, 1.82) is 0 Å². The van der Waals surface area contributed by atoms with Gasteiger partial charge in [-0.2, -0.15) is 0 Å². The Hall–Kier alpha value is 0.910. The van der Waals surface area contributed by atoms with E-state index >= 15 is 0 Å². The Morgan fingerprint density at radius 3 is 2.54 bits per heavy atom. The summed E-state index contributed by atoms with van der Waals surface area (Å²) in [6.45, 7) is 0. The SMILES string of the molecule is BrC1CCC(Br)c2c(I)cccc21. The lowest BCUT2D eigenvalue weighted by Gasteiger charge is -2.26. The highest BCUT2D eigenvalue weighted by atomic mass is 127. The summed E-state index contributed by atoms with van der Waals surface area (Å²) in [5.41, 5.74) is 2.94. The Kier molecular flexibility index (Phi) is 3.36. The van der Waals surface area contributed by atoms with Crippen molar-refractivity contribution in [2.24, 2.45) is 0 Å². The predicted octanol–water partition coefficient (Wildman–Crippen LogP) is 4.96. The first kappa shape index (κ1) is 10.4. The molecule has 0 fully saturated rings. The van der Waals surface area contributed by atoms with Gasteiger partial charge in [0.15, 0.2) is 0 Å². The standard InChI is InChI=1S/C10H9Br2I/c11-7-4-5-8(12)10-6(7)2-1-3-9(10)13/h1-3,7-8H,4-5H2. The van der Waals surface area contributed by atoms with E-state index in [-0.39, 0.29) is 0 Å². The second-order valence-electron chi connectivity index (χ2n) is 3.26.